The van der Waals surface area contributed by atoms with Gasteiger partial charge in [-0.15, -0.1) is 0 Å². The lowest BCUT2D eigenvalue weighted by Crippen LogP contribution is -2.45. The number of likely N-dealkylation sites (tertiary alicyclic amines) is 1. The summed E-state index contributed by atoms with van der Waals surface area (Å²) in [5.41, 5.74) is 2.47. The van der Waals surface area contributed by atoms with Crippen LogP contribution >= 0.6 is 12.2 Å². The van der Waals surface area contributed by atoms with E-state index in [0.717, 1.165) is 49.6 Å². The van der Waals surface area contributed by atoms with Crippen LogP contribution in [0.15, 0.2) is 18.2 Å². The molecule has 1 saturated heterocycles. The summed E-state index contributed by atoms with van der Waals surface area (Å²) in [5, 5.41) is 2.96. The van der Waals surface area contributed by atoms with E-state index in [2.05, 4.69) is 15.3 Å². The Morgan fingerprint density at radius 1 is 1.08 bits per heavy atom. The Morgan fingerprint density at radius 3 is 2.64 bits per heavy atom. The van der Waals surface area contributed by atoms with E-state index < -0.39 is 0 Å². The van der Waals surface area contributed by atoms with Crippen molar-refractivity contribution >= 4 is 40.8 Å². The molecule has 1 saturated carbocycles. The topological polar surface area (TPSA) is 81.0 Å². The minimum absolute atomic E-state index is 0.0997. The summed E-state index contributed by atoms with van der Waals surface area (Å²) in [4.78, 5) is 33.3. The highest BCUT2D eigenvalue weighted by Crippen LogP contribution is 2.30. The third kappa shape index (κ3) is 3.20. The van der Waals surface area contributed by atoms with E-state index in [9.17, 15) is 9.59 Å². The largest absolute Gasteiger partial charge is 0.331 e. The van der Waals surface area contributed by atoms with Gasteiger partial charge in [0.2, 0.25) is 11.8 Å². The molecular weight excluding hydrogens is 336 g/mol. The molecule has 0 spiro atoms. The highest BCUT2D eigenvalue weighted by molar-refractivity contribution is 7.71. The number of nitrogens with one attached hydrogen (secondary N) is 3. The number of rotatable bonds is 3. The number of aromatic nitrogens is 2. The van der Waals surface area contributed by atoms with Gasteiger partial charge in [-0.1, -0.05) is 12.8 Å². The standard InChI is InChI=1S/C18H22N4O2S/c23-16(19-12-7-8-13-14(10-12)21-18(25)20-13)15-6-3-9-22(15)17(24)11-4-1-2-5-11/h7-8,10-11,15H,1-6,9H2,(H,19,23)(H2,20,21,25)/t15-/m0/s1. The maximum Gasteiger partial charge on any atom is 0.247 e. The Labute approximate surface area is 151 Å². The average Bonchev–Trinajstić information content (AvgIpc) is 3.33. The molecule has 132 valence electrons. The molecule has 1 aromatic heterocycles. The summed E-state index contributed by atoms with van der Waals surface area (Å²) >= 11 is 5.09. The number of aromatic amines is 2. The molecule has 3 N–H and O–H groups in total. The first-order chi connectivity index (χ1) is 12.1. The zero-order valence-electron chi connectivity index (χ0n) is 14.0. The van der Waals surface area contributed by atoms with E-state index in [1.807, 2.05) is 18.2 Å². The number of H-pyrrole nitrogens is 2. The zero-order chi connectivity index (χ0) is 17.4. The molecular formula is C18H22N4O2S. The Bertz CT molecular complexity index is 865. The van der Waals surface area contributed by atoms with Crippen molar-refractivity contribution in [3.05, 3.63) is 23.0 Å². The van der Waals surface area contributed by atoms with Gasteiger partial charge in [-0.3, -0.25) is 9.59 Å². The average molecular weight is 358 g/mol. The van der Waals surface area contributed by atoms with Gasteiger partial charge >= 0.3 is 0 Å². The van der Waals surface area contributed by atoms with Gasteiger partial charge in [0.05, 0.1) is 11.0 Å². The fourth-order valence-electron chi connectivity index (χ4n) is 4.05. The van der Waals surface area contributed by atoms with Crippen LogP contribution in [0.3, 0.4) is 0 Å². The quantitative estimate of drug-likeness (QED) is 0.736. The summed E-state index contributed by atoms with van der Waals surface area (Å²) in [6, 6.07) is 5.23. The summed E-state index contributed by atoms with van der Waals surface area (Å²) in [5.74, 6) is 0.183. The minimum atomic E-state index is -0.353. The number of fused-ring (bicyclic) bond motifs is 1. The van der Waals surface area contributed by atoms with E-state index in [0.29, 0.717) is 17.0 Å². The summed E-state index contributed by atoms with van der Waals surface area (Å²) in [6.07, 6.45) is 5.80. The van der Waals surface area contributed by atoms with Crippen LogP contribution in [-0.2, 0) is 9.59 Å². The number of hydrogen-bond acceptors (Lipinski definition) is 3. The molecule has 1 aromatic carbocycles. The molecule has 2 aliphatic rings. The highest BCUT2D eigenvalue weighted by atomic mass is 32.1. The van der Waals surface area contributed by atoms with Gasteiger partial charge in [0.25, 0.3) is 0 Å². The molecule has 4 rings (SSSR count). The van der Waals surface area contributed by atoms with Crippen molar-refractivity contribution < 1.29 is 9.59 Å². The number of carbonyl (C=O) groups is 2. The molecule has 0 unspecified atom stereocenters. The van der Waals surface area contributed by atoms with Crippen LogP contribution in [0.2, 0.25) is 0 Å². The summed E-state index contributed by atoms with van der Waals surface area (Å²) in [6.45, 7) is 0.692. The van der Waals surface area contributed by atoms with Gasteiger partial charge in [0.15, 0.2) is 4.77 Å². The van der Waals surface area contributed by atoms with Gasteiger partial charge in [-0.05, 0) is 56.1 Å². The normalized spacial score (nSPS) is 21.1. The Hall–Kier alpha value is -2.15. The summed E-state index contributed by atoms with van der Waals surface area (Å²) < 4.78 is 0.558. The van der Waals surface area contributed by atoms with Crippen molar-refractivity contribution in [1.82, 2.24) is 14.9 Å². The molecule has 2 fully saturated rings. The van der Waals surface area contributed by atoms with Crippen molar-refractivity contribution in [1.29, 1.82) is 0 Å². The lowest BCUT2D eigenvalue weighted by molar-refractivity contribution is -0.140. The van der Waals surface area contributed by atoms with Gasteiger partial charge in [0.1, 0.15) is 6.04 Å². The van der Waals surface area contributed by atoms with Crippen molar-refractivity contribution in [2.45, 2.75) is 44.6 Å². The fraction of sp³-hybridized carbons (Fsp3) is 0.500. The second-order valence-electron chi connectivity index (χ2n) is 7.00. The van der Waals surface area contributed by atoms with Crippen LogP contribution in [0.1, 0.15) is 38.5 Å². The Balaban J connectivity index is 1.48. The molecule has 0 radical (unpaired) electrons. The lowest BCUT2D eigenvalue weighted by atomic mass is 10.1. The molecule has 2 heterocycles. The van der Waals surface area contributed by atoms with Gasteiger partial charge in [-0.2, -0.15) is 0 Å². The second kappa shape index (κ2) is 6.63. The number of amides is 2. The SMILES string of the molecule is O=C(Nc1ccc2[nH]c(=S)[nH]c2c1)[C@@H]1CCCN1C(=O)C1CCCC1. The number of hydrogen-bond donors (Lipinski definition) is 3. The van der Waals surface area contributed by atoms with E-state index in [4.69, 9.17) is 12.2 Å². The van der Waals surface area contributed by atoms with Crippen LogP contribution in [0.4, 0.5) is 5.69 Å². The number of carbonyl (C=O) groups excluding carboxylic acids is 2. The Morgan fingerprint density at radius 2 is 1.84 bits per heavy atom. The van der Waals surface area contributed by atoms with Crippen molar-refractivity contribution in [2.24, 2.45) is 5.92 Å². The second-order valence-corrected chi connectivity index (χ2v) is 7.41. The third-order valence-electron chi connectivity index (χ3n) is 5.33. The minimum Gasteiger partial charge on any atom is -0.331 e. The first-order valence-corrected chi connectivity index (χ1v) is 9.36. The van der Waals surface area contributed by atoms with Crippen molar-refractivity contribution in [3.8, 4) is 0 Å². The lowest BCUT2D eigenvalue weighted by Gasteiger charge is -2.26. The predicted molar refractivity (Wildman–Crippen MR) is 98.8 cm³/mol. The molecule has 2 aromatic rings. The van der Waals surface area contributed by atoms with Crippen molar-refractivity contribution in [2.75, 3.05) is 11.9 Å². The first kappa shape index (κ1) is 16.3. The molecule has 1 aliphatic heterocycles. The number of benzene rings is 1. The number of anilines is 1. The molecule has 2 amide bonds. The molecule has 25 heavy (non-hydrogen) atoms. The van der Waals surface area contributed by atoms with Gasteiger partial charge < -0.3 is 20.2 Å². The van der Waals surface area contributed by atoms with Crippen LogP contribution in [0.5, 0.6) is 0 Å². The maximum absolute atomic E-state index is 12.7. The van der Waals surface area contributed by atoms with Gasteiger partial charge in [0, 0.05) is 18.2 Å². The number of nitrogens with zero attached hydrogens (tertiary/aromatic N) is 1. The molecule has 1 atom stereocenters. The van der Waals surface area contributed by atoms with Crippen LogP contribution in [0.25, 0.3) is 11.0 Å². The number of imidazole rings is 1. The maximum atomic E-state index is 12.7. The Kier molecular flexibility index (Phi) is 4.33. The molecule has 6 nitrogen and oxygen atoms in total. The summed E-state index contributed by atoms with van der Waals surface area (Å²) in [7, 11) is 0. The predicted octanol–water partition coefficient (Wildman–Crippen LogP) is 3.35. The zero-order valence-corrected chi connectivity index (χ0v) is 14.8. The fourth-order valence-corrected chi connectivity index (χ4v) is 4.27. The third-order valence-corrected chi connectivity index (χ3v) is 5.53. The van der Waals surface area contributed by atoms with E-state index >= 15 is 0 Å². The molecule has 7 heteroatoms. The van der Waals surface area contributed by atoms with Gasteiger partial charge in [-0.25, -0.2) is 0 Å². The smallest absolute Gasteiger partial charge is 0.247 e. The van der Waals surface area contributed by atoms with E-state index in [1.54, 1.807) is 4.90 Å². The van der Waals surface area contributed by atoms with E-state index in [-0.39, 0.29) is 23.8 Å². The van der Waals surface area contributed by atoms with Crippen LogP contribution < -0.4 is 5.32 Å². The molecule has 1 aliphatic carbocycles. The van der Waals surface area contributed by atoms with Crippen LogP contribution in [-0.4, -0.2) is 39.3 Å². The van der Waals surface area contributed by atoms with Crippen molar-refractivity contribution in [3.63, 3.8) is 0 Å². The monoisotopic (exact) mass is 358 g/mol. The highest BCUT2D eigenvalue weighted by Gasteiger charge is 2.37. The van der Waals surface area contributed by atoms with Crippen LogP contribution in [0, 0.1) is 10.7 Å². The first-order valence-electron chi connectivity index (χ1n) is 8.95. The van der Waals surface area contributed by atoms with E-state index in [1.165, 1.54) is 0 Å². The molecule has 0 bridgehead atoms.